The van der Waals surface area contributed by atoms with Gasteiger partial charge in [0.2, 0.25) is 0 Å². The van der Waals surface area contributed by atoms with Crippen LogP contribution in [0.4, 0.5) is 11.4 Å². The molecule has 2 N–H and O–H groups in total. The third-order valence-corrected chi connectivity index (χ3v) is 15.0. The number of non-ortho nitro benzene ring substituents is 2. The minimum absolute atomic E-state index is 0.101. The number of sulfonamides is 2. The Morgan fingerprint density at radius 3 is 0.974 bits per heavy atom. The van der Waals surface area contributed by atoms with Crippen LogP contribution in [0.5, 0.6) is 23.0 Å². The second-order valence-electron chi connectivity index (χ2n) is 17.6. The van der Waals surface area contributed by atoms with Crippen LogP contribution in [0.1, 0.15) is 44.5 Å². The third kappa shape index (κ3) is 14.9. The van der Waals surface area contributed by atoms with Gasteiger partial charge in [-0.05, 0) is 68.8 Å². The molecule has 8 rings (SSSR count). The highest BCUT2D eigenvalue weighted by Gasteiger charge is 2.26. The molecule has 0 aromatic heterocycles. The zero-order chi connectivity index (χ0) is 55.1. The first-order valence-electron chi connectivity index (χ1n) is 24.5. The molecule has 10 bridgehead atoms. The maximum Gasteiger partial charge on any atom is 0.271 e. The molecule has 2 amide bonds. The minimum atomic E-state index is -4.47. The number of nitro groups is 2. The van der Waals surface area contributed by atoms with Gasteiger partial charge in [-0.2, -0.15) is 0 Å². The molecule has 0 saturated heterocycles. The topological polar surface area (TPSA) is 287 Å². The lowest BCUT2D eigenvalue weighted by Gasteiger charge is -2.23. The predicted octanol–water partition coefficient (Wildman–Crippen LogP) is 5.79. The fraction of sp³-hybridized carbons (Fsp3) is 0.296. The molecule has 6 aromatic carbocycles. The number of hydrogen-bond acceptors (Lipinski definition) is 18. The molecular weight excluding hydrogens is 1060 g/mol. The number of hydrogen-bond donors (Lipinski definition) is 2. The van der Waals surface area contributed by atoms with E-state index in [9.17, 15) is 46.7 Å². The van der Waals surface area contributed by atoms with Crippen molar-refractivity contribution < 1.29 is 74.2 Å². The molecule has 0 spiro atoms. The van der Waals surface area contributed by atoms with Crippen LogP contribution in [0.3, 0.4) is 0 Å². The number of nitro benzene ring substituents is 2. The molecule has 0 unspecified atom stereocenters. The lowest BCUT2D eigenvalue weighted by molar-refractivity contribution is -0.385. The van der Waals surface area contributed by atoms with Gasteiger partial charge in [0.15, 0.2) is 13.2 Å². The summed E-state index contributed by atoms with van der Waals surface area (Å²) in [7, 11) is -8.94. The number of rotatable bonds is 12. The van der Waals surface area contributed by atoms with E-state index in [-0.39, 0.29) is 98.0 Å². The standard InChI is InChI=1S/C54H54N4O18S2/c59-49(55-77(65,66)47-17-13-45(14-18-47)57(61)62)35-75-53-41-9-3-11-43(53)33-39-7-2-8-40-34-44-12-4-10-42(54(44)76-36-50(60)56-78(67,68)48-19-15-46(16-20-48)58(63)64)32-38-6-1-5-37(31-41)51(38)73-29-27-71-25-23-69-21-22-70-24-26-72-28-30-74-52(39)40/h1-20H,21-36H2,(H,55,59)(H,56,60). The summed E-state index contributed by atoms with van der Waals surface area (Å²) >= 11 is 0. The average molecular weight is 1110 g/mol. The smallest absolute Gasteiger partial charge is 0.271 e. The Kier molecular flexibility index (Phi) is 19.0. The highest BCUT2D eigenvalue weighted by molar-refractivity contribution is 7.90. The molecule has 0 fully saturated rings. The Bertz CT molecular complexity index is 3050. The summed E-state index contributed by atoms with van der Waals surface area (Å²) < 4.78 is 106. The van der Waals surface area contributed by atoms with Crippen LogP contribution in [0.15, 0.2) is 131 Å². The molecule has 2 aliphatic rings. The van der Waals surface area contributed by atoms with E-state index in [0.29, 0.717) is 82.4 Å². The number of para-hydroxylation sites is 4. The van der Waals surface area contributed by atoms with Gasteiger partial charge < -0.3 is 37.9 Å². The van der Waals surface area contributed by atoms with Crippen molar-refractivity contribution in [2.75, 3.05) is 79.3 Å². The van der Waals surface area contributed by atoms with Gasteiger partial charge in [0.05, 0.1) is 72.5 Å². The lowest BCUT2D eigenvalue weighted by Crippen LogP contribution is -2.34. The first-order chi connectivity index (χ1) is 37.6. The van der Waals surface area contributed by atoms with E-state index in [4.69, 9.17) is 37.9 Å². The van der Waals surface area contributed by atoms with Crippen molar-refractivity contribution in [3.8, 4) is 23.0 Å². The second-order valence-corrected chi connectivity index (χ2v) is 21.0. The van der Waals surface area contributed by atoms with Gasteiger partial charge >= 0.3 is 0 Å². The number of carbonyl (C=O) groups excluding carboxylic acids is 2. The van der Waals surface area contributed by atoms with Gasteiger partial charge in [-0.25, -0.2) is 26.3 Å². The van der Waals surface area contributed by atoms with Gasteiger partial charge in [0, 0.05) is 49.9 Å². The Morgan fingerprint density at radius 2 is 0.692 bits per heavy atom. The number of benzene rings is 6. The summed E-state index contributed by atoms with van der Waals surface area (Å²) in [5.41, 5.74) is 4.46. The number of nitrogens with one attached hydrogen (secondary N) is 2. The van der Waals surface area contributed by atoms with Gasteiger partial charge in [-0.3, -0.25) is 29.8 Å². The SMILES string of the molecule is O=C(COc1c2cccc1Cc1cccc3c1OCCOCCOCCOCCOCCOc1c(cccc1Cc1cccc(c1OCC(=O)NS(=O)(=O)c1ccc([N+](=O)[O-])cc1)C3)C2)NS(=O)(=O)c1ccc([N+](=O)[O-])cc1. The van der Waals surface area contributed by atoms with Crippen LogP contribution in [-0.4, -0.2) is 118 Å². The Labute approximate surface area is 448 Å². The van der Waals surface area contributed by atoms with E-state index in [1.165, 1.54) is 0 Å². The highest BCUT2D eigenvalue weighted by atomic mass is 32.2. The summed E-state index contributed by atoms with van der Waals surface area (Å²) in [6, 6.07) is 30.3. The molecule has 0 atom stereocenters. The molecule has 6 aromatic rings. The molecular formula is C54H54N4O18S2. The Hall–Kier alpha value is -8.00. The maximum absolute atomic E-state index is 13.5. The van der Waals surface area contributed by atoms with E-state index in [1.807, 2.05) is 82.2 Å². The number of nitrogens with zero attached hydrogens (tertiary/aromatic N) is 2. The van der Waals surface area contributed by atoms with Gasteiger partial charge in [-0.15, -0.1) is 0 Å². The van der Waals surface area contributed by atoms with Crippen LogP contribution in [0.2, 0.25) is 0 Å². The summed E-state index contributed by atoms with van der Waals surface area (Å²) in [6.07, 6.45) is 0.664. The summed E-state index contributed by atoms with van der Waals surface area (Å²) in [6.45, 7) is 0.945. The van der Waals surface area contributed by atoms with Crippen LogP contribution < -0.4 is 28.4 Å². The van der Waals surface area contributed by atoms with Crippen molar-refractivity contribution in [1.29, 1.82) is 0 Å². The first kappa shape index (κ1) is 56.2. The number of carbonyl (C=O) groups is 2. The highest BCUT2D eigenvalue weighted by Crippen LogP contribution is 2.39. The molecule has 0 radical (unpaired) electrons. The molecule has 1 heterocycles. The summed E-state index contributed by atoms with van der Waals surface area (Å²) in [4.78, 5) is 47.4. The quantitative estimate of drug-likeness (QED) is 0.108. The van der Waals surface area contributed by atoms with Gasteiger partial charge in [0.25, 0.3) is 43.2 Å². The van der Waals surface area contributed by atoms with Crippen molar-refractivity contribution >= 4 is 43.2 Å². The van der Waals surface area contributed by atoms with Crippen molar-refractivity contribution in [3.63, 3.8) is 0 Å². The van der Waals surface area contributed by atoms with E-state index in [0.717, 1.165) is 48.5 Å². The fourth-order valence-electron chi connectivity index (χ4n) is 8.64. The molecule has 1 aliphatic carbocycles. The molecule has 78 heavy (non-hydrogen) atoms. The van der Waals surface area contributed by atoms with Gasteiger partial charge in [0.1, 0.15) is 36.2 Å². The lowest BCUT2D eigenvalue weighted by atomic mass is 9.91. The van der Waals surface area contributed by atoms with Crippen molar-refractivity contribution in [1.82, 2.24) is 9.44 Å². The van der Waals surface area contributed by atoms with Crippen LogP contribution in [0.25, 0.3) is 0 Å². The third-order valence-electron chi connectivity index (χ3n) is 12.2. The predicted molar refractivity (Wildman–Crippen MR) is 279 cm³/mol. The van der Waals surface area contributed by atoms with Crippen molar-refractivity contribution in [2.45, 2.75) is 35.5 Å². The molecule has 410 valence electrons. The zero-order valence-electron chi connectivity index (χ0n) is 41.9. The second kappa shape index (κ2) is 26.4. The van der Waals surface area contributed by atoms with Gasteiger partial charge in [-0.1, -0.05) is 72.8 Å². The molecule has 24 heteroatoms. The average Bonchev–Trinajstić information content (AvgIpc) is 3.42. The number of fused-ring (bicyclic) bond motifs is 2. The van der Waals surface area contributed by atoms with E-state index in [2.05, 4.69) is 0 Å². The fourth-order valence-corrected chi connectivity index (χ4v) is 10.6. The Balaban J connectivity index is 1.18. The molecule has 1 aliphatic heterocycles. The first-order valence-corrected chi connectivity index (χ1v) is 27.5. The minimum Gasteiger partial charge on any atom is -0.491 e. The number of amides is 2. The monoisotopic (exact) mass is 1110 g/mol. The van der Waals surface area contributed by atoms with E-state index < -0.39 is 54.9 Å². The largest absolute Gasteiger partial charge is 0.491 e. The molecule has 22 nitrogen and oxygen atoms in total. The van der Waals surface area contributed by atoms with E-state index >= 15 is 0 Å². The normalized spacial score (nSPS) is 14.8. The van der Waals surface area contributed by atoms with Crippen LogP contribution >= 0.6 is 0 Å². The summed E-state index contributed by atoms with van der Waals surface area (Å²) in [5.74, 6) is -0.507. The van der Waals surface area contributed by atoms with E-state index in [1.54, 1.807) is 0 Å². The van der Waals surface area contributed by atoms with Crippen LogP contribution in [-0.2, 0) is 74.3 Å². The van der Waals surface area contributed by atoms with Crippen molar-refractivity contribution in [2.24, 2.45) is 0 Å². The van der Waals surface area contributed by atoms with Crippen molar-refractivity contribution in [3.05, 3.63) is 186 Å². The Morgan fingerprint density at radius 1 is 0.423 bits per heavy atom. The van der Waals surface area contributed by atoms with Crippen LogP contribution in [0, 0.1) is 20.2 Å². The maximum atomic E-state index is 13.5. The zero-order valence-corrected chi connectivity index (χ0v) is 43.6. The summed E-state index contributed by atoms with van der Waals surface area (Å²) in [5, 5.41) is 22.4. The molecule has 0 saturated carbocycles. The number of ether oxygens (including phenoxy) is 8.